The molecular formula is C18H26O. The van der Waals surface area contributed by atoms with Gasteiger partial charge in [0, 0.05) is 12.0 Å². The topological polar surface area (TPSA) is 17.1 Å². The van der Waals surface area contributed by atoms with Crippen LogP contribution in [0.1, 0.15) is 75.2 Å². The zero-order valence-corrected chi connectivity index (χ0v) is 12.7. The van der Waals surface area contributed by atoms with Crippen LogP contribution in [0.3, 0.4) is 0 Å². The highest BCUT2D eigenvalue weighted by Gasteiger charge is 2.24. The predicted octanol–water partition coefficient (Wildman–Crippen LogP) is 5.21. The van der Waals surface area contributed by atoms with Crippen LogP contribution in [-0.2, 0) is 0 Å². The quantitative estimate of drug-likeness (QED) is 0.678. The number of rotatable bonds is 4. The van der Waals surface area contributed by atoms with Crippen LogP contribution in [0.25, 0.3) is 0 Å². The van der Waals surface area contributed by atoms with Crippen molar-refractivity contribution in [2.24, 2.45) is 11.3 Å². The van der Waals surface area contributed by atoms with E-state index in [4.69, 9.17) is 0 Å². The lowest BCUT2D eigenvalue weighted by Gasteiger charge is -2.27. The normalized spacial score (nSPS) is 17.9. The van der Waals surface area contributed by atoms with Crippen molar-refractivity contribution < 1.29 is 4.79 Å². The molecule has 0 spiro atoms. The van der Waals surface area contributed by atoms with E-state index in [2.05, 4.69) is 39.8 Å². The molecule has 0 amide bonds. The molecule has 1 nitrogen and oxygen atoms in total. The van der Waals surface area contributed by atoms with E-state index >= 15 is 0 Å². The molecule has 1 aliphatic rings. The van der Waals surface area contributed by atoms with Gasteiger partial charge in [-0.1, -0.05) is 52.3 Å². The molecular weight excluding hydrogens is 232 g/mol. The molecule has 1 aromatic rings. The zero-order valence-electron chi connectivity index (χ0n) is 12.7. The molecule has 1 aromatic carbocycles. The molecule has 2 rings (SSSR count). The average molecular weight is 258 g/mol. The summed E-state index contributed by atoms with van der Waals surface area (Å²) in [6, 6.07) is 8.32. The maximum atomic E-state index is 12.4. The minimum Gasteiger partial charge on any atom is -0.294 e. The largest absolute Gasteiger partial charge is 0.294 e. The van der Waals surface area contributed by atoms with E-state index in [0.717, 1.165) is 5.56 Å². The van der Waals surface area contributed by atoms with Crippen LogP contribution < -0.4 is 0 Å². The van der Waals surface area contributed by atoms with Gasteiger partial charge in [0.2, 0.25) is 0 Å². The molecule has 1 unspecified atom stereocenters. The van der Waals surface area contributed by atoms with Gasteiger partial charge in [0.25, 0.3) is 0 Å². The maximum absolute atomic E-state index is 12.4. The first-order valence-corrected chi connectivity index (χ1v) is 7.51. The zero-order chi connectivity index (χ0) is 14.0. The summed E-state index contributed by atoms with van der Waals surface area (Å²) in [5, 5.41) is 0. The van der Waals surface area contributed by atoms with Crippen molar-refractivity contribution in [1.82, 2.24) is 0 Å². The van der Waals surface area contributed by atoms with Gasteiger partial charge in [0.05, 0.1) is 0 Å². The number of ketones is 1. The van der Waals surface area contributed by atoms with Gasteiger partial charge in [0.15, 0.2) is 5.78 Å². The monoisotopic (exact) mass is 258 g/mol. The Morgan fingerprint density at radius 1 is 1.32 bits per heavy atom. The first kappa shape index (κ1) is 14.3. The molecule has 19 heavy (non-hydrogen) atoms. The van der Waals surface area contributed by atoms with Crippen molar-refractivity contribution in [3.63, 3.8) is 0 Å². The summed E-state index contributed by atoms with van der Waals surface area (Å²) in [5.74, 6) is 1.41. The molecule has 0 saturated heterocycles. The Morgan fingerprint density at radius 2 is 2.00 bits per heavy atom. The molecule has 0 N–H and O–H groups in total. The lowest BCUT2D eigenvalue weighted by Crippen LogP contribution is -2.20. The molecule has 1 atom stereocenters. The van der Waals surface area contributed by atoms with E-state index in [1.54, 1.807) is 0 Å². The fourth-order valence-corrected chi connectivity index (χ4v) is 2.41. The fourth-order valence-electron chi connectivity index (χ4n) is 2.41. The molecule has 1 saturated carbocycles. The number of hydrogen-bond donors (Lipinski definition) is 0. The number of carbonyl (C=O) groups is 1. The second-order valence-electron chi connectivity index (χ2n) is 7.15. The highest BCUT2D eigenvalue weighted by molar-refractivity contribution is 5.96. The Morgan fingerprint density at radius 3 is 2.53 bits per heavy atom. The highest BCUT2D eigenvalue weighted by atomic mass is 16.1. The molecule has 0 aromatic heterocycles. The third-order valence-corrected chi connectivity index (χ3v) is 4.76. The van der Waals surface area contributed by atoms with Gasteiger partial charge >= 0.3 is 0 Å². The van der Waals surface area contributed by atoms with Gasteiger partial charge in [-0.25, -0.2) is 0 Å². The summed E-state index contributed by atoms with van der Waals surface area (Å²) in [7, 11) is 0. The van der Waals surface area contributed by atoms with E-state index in [-0.39, 0.29) is 5.41 Å². The second kappa shape index (κ2) is 5.48. The van der Waals surface area contributed by atoms with Crippen LogP contribution in [0.2, 0.25) is 0 Å². The summed E-state index contributed by atoms with van der Waals surface area (Å²) in [5.41, 5.74) is 2.46. The number of benzene rings is 1. The molecule has 0 heterocycles. The Labute approximate surface area is 117 Å². The van der Waals surface area contributed by atoms with Crippen molar-refractivity contribution in [2.45, 2.75) is 59.3 Å². The van der Waals surface area contributed by atoms with E-state index in [0.29, 0.717) is 24.0 Å². The summed E-state index contributed by atoms with van der Waals surface area (Å²) < 4.78 is 0. The van der Waals surface area contributed by atoms with Gasteiger partial charge < -0.3 is 0 Å². The van der Waals surface area contributed by atoms with Gasteiger partial charge in [-0.15, -0.1) is 0 Å². The van der Waals surface area contributed by atoms with Gasteiger partial charge in [-0.3, -0.25) is 4.79 Å². The van der Waals surface area contributed by atoms with Crippen LogP contribution >= 0.6 is 0 Å². The Bertz CT molecular complexity index is 449. The Balaban J connectivity index is 2.06. The van der Waals surface area contributed by atoms with Crippen LogP contribution in [-0.4, -0.2) is 5.78 Å². The van der Waals surface area contributed by atoms with Crippen LogP contribution in [0.4, 0.5) is 0 Å². The molecule has 104 valence electrons. The first-order chi connectivity index (χ1) is 8.88. The molecule has 0 bridgehead atoms. The lowest BCUT2D eigenvalue weighted by atomic mass is 9.77. The van der Waals surface area contributed by atoms with E-state index in [1.165, 1.54) is 24.8 Å². The van der Waals surface area contributed by atoms with Gasteiger partial charge in [0.1, 0.15) is 0 Å². The number of Topliss-reactive ketones (excluding diaryl/α,β-unsaturated/α-hetero) is 1. The van der Waals surface area contributed by atoms with E-state index < -0.39 is 0 Å². The van der Waals surface area contributed by atoms with Gasteiger partial charge in [-0.05, 0) is 41.7 Å². The van der Waals surface area contributed by atoms with E-state index in [9.17, 15) is 4.79 Å². The fraction of sp³-hybridized carbons (Fsp3) is 0.611. The number of carbonyl (C=O) groups excluding carboxylic acids is 1. The molecule has 1 heteroatoms. The van der Waals surface area contributed by atoms with E-state index in [1.807, 2.05) is 12.1 Å². The highest BCUT2D eigenvalue weighted by Crippen LogP contribution is 2.37. The first-order valence-electron chi connectivity index (χ1n) is 7.51. The predicted molar refractivity (Wildman–Crippen MR) is 80.6 cm³/mol. The summed E-state index contributed by atoms with van der Waals surface area (Å²) in [6.45, 7) is 8.79. The molecule has 1 aliphatic carbocycles. The van der Waals surface area contributed by atoms with Crippen molar-refractivity contribution in [3.05, 3.63) is 35.4 Å². The third-order valence-electron chi connectivity index (χ3n) is 4.76. The van der Waals surface area contributed by atoms with Crippen molar-refractivity contribution in [3.8, 4) is 0 Å². The molecule has 1 fully saturated rings. The summed E-state index contributed by atoms with van der Waals surface area (Å²) >= 11 is 0. The number of hydrogen-bond acceptors (Lipinski definition) is 1. The van der Waals surface area contributed by atoms with Crippen LogP contribution in [0, 0.1) is 11.3 Å². The third kappa shape index (κ3) is 3.46. The molecule has 0 aliphatic heterocycles. The molecule has 0 radical (unpaired) electrons. The van der Waals surface area contributed by atoms with Crippen LogP contribution in [0.15, 0.2) is 24.3 Å². The minimum absolute atomic E-state index is 0.196. The average Bonchev–Trinajstić information content (AvgIpc) is 2.25. The van der Waals surface area contributed by atoms with Crippen LogP contribution in [0.5, 0.6) is 0 Å². The summed E-state index contributed by atoms with van der Waals surface area (Å²) in [6.07, 6.45) is 4.56. The summed E-state index contributed by atoms with van der Waals surface area (Å²) in [4.78, 5) is 12.4. The maximum Gasteiger partial charge on any atom is 0.163 e. The van der Waals surface area contributed by atoms with Crippen molar-refractivity contribution >= 4 is 5.78 Å². The Kier molecular flexibility index (Phi) is 4.13. The lowest BCUT2D eigenvalue weighted by molar-refractivity contribution is 0.0927. The standard InChI is InChI=1S/C18H26O/c1-13(18(2,3)4)11-17(19)16-10-6-9-15(12-16)14-7-5-8-14/h6,9-10,12-14H,5,7-8,11H2,1-4H3. The van der Waals surface area contributed by atoms with Gasteiger partial charge in [-0.2, -0.15) is 0 Å². The second-order valence-corrected chi connectivity index (χ2v) is 7.15. The SMILES string of the molecule is CC(CC(=O)c1cccc(C2CCC2)c1)C(C)(C)C. The van der Waals surface area contributed by atoms with Crippen molar-refractivity contribution in [2.75, 3.05) is 0 Å². The minimum atomic E-state index is 0.196. The smallest absolute Gasteiger partial charge is 0.163 e. The Hall–Kier alpha value is -1.11. The van der Waals surface area contributed by atoms with Crippen molar-refractivity contribution in [1.29, 1.82) is 0 Å².